The third-order valence-electron chi connectivity index (χ3n) is 3.44. The number of anilines is 1. The lowest BCUT2D eigenvalue weighted by Gasteiger charge is -2.20. The first-order valence-electron chi connectivity index (χ1n) is 7.45. The van der Waals surface area contributed by atoms with Crippen molar-refractivity contribution >= 4 is 17.6 Å². The molecule has 0 saturated heterocycles. The molecule has 5 heteroatoms. The van der Waals surface area contributed by atoms with Crippen LogP contribution in [0.3, 0.4) is 0 Å². The van der Waals surface area contributed by atoms with Gasteiger partial charge >= 0.3 is 0 Å². The van der Waals surface area contributed by atoms with E-state index >= 15 is 0 Å². The minimum Gasteiger partial charge on any atom is -0.268 e. The number of carbonyl (C=O) groups is 2. The van der Waals surface area contributed by atoms with Crippen molar-refractivity contribution in [2.24, 2.45) is 0 Å². The lowest BCUT2D eigenvalue weighted by molar-refractivity contribution is 0.0896. The Kier molecular flexibility index (Phi) is 4.43. The molecule has 0 atom stereocenters. The molecular weight excluding hydrogens is 302 g/mol. The maximum atomic E-state index is 12.9. The van der Waals surface area contributed by atoms with E-state index in [1.54, 1.807) is 61.5 Å². The quantitative estimate of drug-likeness (QED) is 0.696. The topological polar surface area (TPSA) is 63.2 Å². The van der Waals surface area contributed by atoms with E-state index < -0.39 is 11.8 Å². The van der Waals surface area contributed by atoms with E-state index in [1.807, 2.05) is 12.1 Å². The Balaban J connectivity index is 2.08. The second kappa shape index (κ2) is 6.83. The van der Waals surface area contributed by atoms with Gasteiger partial charge in [0.25, 0.3) is 11.8 Å². The van der Waals surface area contributed by atoms with Crippen LogP contribution in [0.15, 0.2) is 72.9 Å². The maximum absolute atomic E-state index is 12.9. The zero-order valence-electron chi connectivity index (χ0n) is 13.1. The molecule has 3 rings (SSSR count). The van der Waals surface area contributed by atoms with Gasteiger partial charge in [0.05, 0.1) is 0 Å². The summed E-state index contributed by atoms with van der Waals surface area (Å²) in [5.74, 6) is -0.116. The summed E-state index contributed by atoms with van der Waals surface area (Å²) in [6, 6.07) is 18.9. The fraction of sp³-hybridized carbons (Fsp3) is 0.0526. The van der Waals surface area contributed by atoms with Gasteiger partial charge in [-0.1, -0.05) is 36.4 Å². The Morgan fingerprint density at radius 3 is 1.75 bits per heavy atom. The highest BCUT2D eigenvalue weighted by atomic mass is 16.2. The van der Waals surface area contributed by atoms with Crippen LogP contribution < -0.4 is 4.90 Å². The number of hydrogen-bond acceptors (Lipinski definition) is 4. The molecule has 0 spiro atoms. The Hall–Kier alpha value is -3.34. The molecule has 0 aliphatic carbocycles. The number of nitrogens with zero attached hydrogens (tertiary/aromatic N) is 3. The van der Waals surface area contributed by atoms with Gasteiger partial charge in [-0.3, -0.25) is 9.59 Å². The summed E-state index contributed by atoms with van der Waals surface area (Å²) >= 11 is 0. The third kappa shape index (κ3) is 3.20. The minimum atomic E-state index is -0.428. The summed E-state index contributed by atoms with van der Waals surface area (Å²) in [5, 5.41) is 0. The van der Waals surface area contributed by atoms with Gasteiger partial charge in [0.15, 0.2) is 0 Å². The maximum Gasteiger partial charge on any atom is 0.266 e. The normalized spacial score (nSPS) is 10.2. The lowest BCUT2D eigenvalue weighted by Crippen LogP contribution is -2.37. The molecule has 1 aromatic heterocycles. The van der Waals surface area contributed by atoms with Gasteiger partial charge in [-0.25, -0.2) is 14.9 Å². The summed E-state index contributed by atoms with van der Waals surface area (Å²) in [4.78, 5) is 35.2. The van der Waals surface area contributed by atoms with Crippen LogP contribution in [0.25, 0.3) is 0 Å². The van der Waals surface area contributed by atoms with E-state index in [0.717, 1.165) is 4.90 Å². The molecule has 0 fully saturated rings. The van der Waals surface area contributed by atoms with Crippen molar-refractivity contribution in [3.8, 4) is 0 Å². The van der Waals surface area contributed by atoms with Crippen molar-refractivity contribution in [3.05, 3.63) is 89.9 Å². The largest absolute Gasteiger partial charge is 0.268 e. The number of rotatable bonds is 3. The van der Waals surface area contributed by atoms with Gasteiger partial charge in [-0.2, -0.15) is 0 Å². The van der Waals surface area contributed by atoms with Crippen LogP contribution in [-0.4, -0.2) is 21.8 Å². The first-order valence-corrected chi connectivity index (χ1v) is 7.45. The Morgan fingerprint density at radius 1 is 0.792 bits per heavy atom. The molecule has 2 amide bonds. The number of aryl methyl sites for hydroxylation is 1. The molecule has 2 aromatic carbocycles. The van der Waals surface area contributed by atoms with Crippen LogP contribution in [0.4, 0.5) is 5.82 Å². The fourth-order valence-corrected chi connectivity index (χ4v) is 2.29. The van der Waals surface area contributed by atoms with Crippen LogP contribution in [0.1, 0.15) is 26.5 Å². The average Bonchev–Trinajstić information content (AvgIpc) is 2.63. The van der Waals surface area contributed by atoms with Crippen LogP contribution in [-0.2, 0) is 0 Å². The second-order valence-electron chi connectivity index (χ2n) is 5.14. The number of aromatic nitrogens is 2. The summed E-state index contributed by atoms with van der Waals surface area (Å²) in [7, 11) is 0. The Labute approximate surface area is 139 Å². The van der Waals surface area contributed by atoms with Gasteiger partial charge < -0.3 is 0 Å². The van der Waals surface area contributed by atoms with Gasteiger partial charge in [-0.05, 0) is 37.3 Å². The highest BCUT2D eigenvalue weighted by Gasteiger charge is 2.27. The standard InChI is InChI=1S/C19H15N3O2/c1-14-20-13-12-17(21-14)22(18(23)15-8-4-2-5-9-15)19(24)16-10-6-3-7-11-16/h2-13H,1H3. The predicted octanol–water partition coefficient (Wildman–Crippen LogP) is 3.27. The van der Waals surface area contributed by atoms with Crippen LogP contribution in [0.2, 0.25) is 0 Å². The van der Waals surface area contributed by atoms with Crippen LogP contribution in [0.5, 0.6) is 0 Å². The molecule has 0 aliphatic rings. The van der Waals surface area contributed by atoms with Crippen molar-refractivity contribution in [1.29, 1.82) is 0 Å². The van der Waals surface area contributed by atoms with E-state index in [4.69, 9.17) is 0 Å². The number of carbonyl (C=O) groups excluding carboxylic acids is 2. The lowest BCUT2D eigenvalue weighted by atomic mass is 10.1. The molecule has 5 nitrogen and oxygen atoms in total. The molecule has 0 unspecified atom stereocenters. The summed E-state index contributed by atoms with van der Waals surface area (Å²) in [6.07, 6.45) is 1.53. The molecule has 24 heavy (non-hydrogen) atoms. The number of amides is 2. The van der Waals surface area contributed by atoms with Crippen LogP contribution in [0, 0.1) is 6.92 Å². The summed E-state index contributed by atoms with van der Waals surface area (Å²) in [6.45, 7) is 1.71. The van der Waals surface area contributed by atoms with Gasteiger partial charge in [0.2, 0.25) is 0 Å². The number of benzene rings is 2. The van der Waals surface area contributed by atoms with Crippen molar-refractivity contribution in [1.82, 2.24) is 9.97 Å². The second-order valence-corrected chi connectivity index (χ2v) is 5.14. The van der Waals surface area contributed by atoms with E-state index in [1.165, 1.54) is 6.20 Å². The zero-order chi connectivity index (χ0) is 16.9. The monoisotopic (exact) mass is 317 g/mol. The van der Waals surface area contributed by atoms with Gasteiger partial charge in [-0.15, -0.1) is 0 Å². The summed E-state index contributed by atoms with van der Waals surface area (Å²) < 4.78 is 0. The van der Waals surface area contributed by atoms with Crippen molar-refractivity contribution < 1.29 is 9.59 Å². The molecule has 0 bridgehead atoms. The SMILES string of the molecule is Cc1nccc(N(C(=O)c2ccccc2)C(=O)c2ccccc2)n1. The molecule has 3 aromatic rings. The minimum absolute atomic E-state index is 0.255. The third-order valence-corrected chi connectivity index (χ3v) is 3.44. The first-order chi connectivity index (χ1) is 11.7. The molecule has 1 heterocycles. The first kappa shape index (κ1) is 15.6. The van der Waals surface area contributed by atoms with E-state index in [9.17, 15) is 9.59 Å². The van der Waals surface area contributed by atoms with Gasteiger partial charge in [0, 0.05) is 17.3 Å². The molecule has 118 valence electrons. The van der Waals surface area contributed by atoms with Crippen LogP contribution >= 0.6 is 0 Å². The predicted molar refractivity (Wildman–Crippen MR) is 90.8 cm³/mol. The van der Waals surface area contributed by atoms with Crippen molar-refractivity contribution in [2.75, 3.05) is 4.90 Å². The molecule has 0 saturated carbocycles. The smallest absolute Gasteiger partial charge is 0.266 e. The Bertz CT molecular complexity index is 813. The molecule has 0 radical (unpaired) electrons. The zero-order valence-corrected chi connectivity index (χ0v) is 13.1. The van der Waals surface area contributed by atoms with E-state index in [-0.39, 0.29) is 5.82 Å². The fourth-order valence-electron chi connectivity index (χ4n) is 2.29. The number of imide groups is 1. The Morgan fingerprint density at radius 2 is 1.29 bits per heavy atom. The average molecular weight is 317 g/mol. The van der Waals surface area contributed by atoms with E-state index in [2.05, 4.69) is 9.97 Å². The van der Waals surface area contributed by atoms with Gasteiger partial charge in [0.1, 0.15) is 11.6 Å². The summed E-state index contributed by atoms with van der Waals surface area (Å²) in [5.41, 5.74) is 0.830. The van der Waals surface area contributed by atoms with E-state index in [0.29, 0.717) is 17.0 Å². The molecule has 0 N–H and O–H groups in total. The number of hydrogen-bond donors (Lipinski definition) is 0. The van der Waals surface area contributed by atoms with Crippen molar-refractivity contribution in [2.45, 2.75) is 6.92 Å². The van der Waals surface area contributed by atoms with Crippen molar-refractivity contribution in [3.63, 3.8) is 0 Å². The molecular formula is C19H15N3O2. The highest BCUT2D eigenvalue weighted by Crippen LogP contribution is 2.18. The highest BCUT2D eigenvalue weighted by molar-refractivity contribution is 6.25. The molecule has 0 aliphatic heterocycles.